The van der Waals surface area contributed by atoms with Crippen molar-refractivity contribution in [3.63, 3.8) is 0 Å². The summed E-state index contributed by atoms with van der Waals surface area (Å²) in [6.07, 6.45) is 2.00. The van der Waals surface area contributed by atoms with Crippen LogP contribution >= 0.6 is 11.6 Å². The number of aromatic nitrogens is 1. The number of nitrogens with zero attached hydrogens (tertiary/aromatic N) is 1. The molecule has 3 aromatic rings. The van der Waals surface area contributed by atoms with Gasteiger partial charge in [0, 0.05) is 28.5 Å². The molecule has 2 N–H and O–H groups in total. The maximum Gasteiger partial charge on any atom is 0.326 e. The summed E-state index contributed by atoms with van der Waals surface area (Å²) in [5.74, 6) is -1.42. The molecule has 2 aromatic carbocycles. The molecule has 0 fully saturated rings. The van der Waals surface area contributed by atoms with Crippen LogP contribution in [0, 0.1) is 0 Å². The van der Waals surface area contributed by atoms with Gasteiger partial charge in [0.1, 0.15) is 12.6 Å². The molecule has 3 rings (SSSR count). The third-order valence-electron chi connectivity index (χ3n) is 3.99. The first-order valence-corrected chi connectivity index (χ1v) is 8.22. The fourth-order valence-electron chi connectivity index (χ4n) is 2.77. The maximum atomic E-state index is 12.3. The van der Waals surface area contributed by atoms with E-state index in [-0.39, 0.29) is 18.9 Å². The number of aliphatic carboxylic acids is 1. The fourth-order valence-corrected chi connectivity index (χ4v) is 3.00. The number of benzene rings is 2. The second-order valence-electron chi connectivity index (χ2n) is 5.76. The highest BCUT2D eigenvalue weighted by atomic mass is 35.5. The fraction of sp³-hybridized carbons (Fsp3) is 0.158. The van der Waals surface area contributed by atoms with Gasteiger partial charge >= 0.3 is 5.97 Å². The van der Waals surface area contributed by atoms with Gasteiger partial charge in [-0.25, -0.2) is 4.79 Å². The summed E-state index contributed by atoms with van der Waals surface area (Å²) in [7, 11) is 0. The molecule has 1 atom stereocenters. The van der Waals surface area contributed by atoms with E-state index in [9.17, 15) is 14.7 Å². The zero-order chi connectivity index (χ0) is 17.8. The molecule has 0 saturated carbocycles. The minimum atomic E-state index is -1.06. The highest BCUT2D eigenvalue weighted by Gasteiger charge is 2.20. The molecule has 1 heterocycles. The highest BCUT2D eigenvalue weighted by molar-refractivity contribution is 6.35. The number of amides is 1. The molecule has 25 heavy (non-hydrogen) atoms. The summed E-state index contributed by atoms with van der Waals surface area (Å²) in [6.45, 7) is 0.0302. The number of halogens is 1. The van der Waals surface area contributed by atoms with E-state index in [1.807, 2.05) is 48.5 Å². The Bertz CT molecular complexity index is 905. The van der Waals surface area contributed by atoms with Crippen LogP contribution in [0.5, 0.6) is 0 Å². The minimum absolute atomic E-state index is 0.0302. The van der Waals surface area contributed by atoms with Gasteiger partial charge in [0.05, 0.1) is 0 Å². The average Bonchev–Trinajstić information content (AvgIpc) is 2.99. The number of hydrogen-bond donors (Lipinski definition) is 2. The van der Waals surface area contributed by atoms with Gasteiger partial charge < -0.3 is 15.0 Å². The molecule has 5 nitrogen and oxygen atoms in total. The summed E-state index contributed by atoms with van der Waals surface area (Å²) < 4.78 is 1.75. The van der Waals surface area contributed by atoms with E-state index in [1.165, 1.54) is 0 Å². The van der Waals surface area contributed by atoms with Crippen LogP contribution in [-0.4, -0.2) is 27.6 Å². The summed E-state index contributed by atoms with van der Waals surface area (Å²) in [5, 5.41) is 13.4. The number of carbonyl (C=O) groups is 2. The molecule has 1 amide bonds. The molecule has 0 aliphatic heterocycles. The van der Waals surface area contributed by atoms with Crippen LogP contribution in [0.3, 0.4) is 0 Å². The van der Waals surface area contributed by atoms with Gasteiger partial charge in [-0.1, -0.05) is 48.0 Å². The Morgan fingerprint density at radius 2 is 1.84 bits per heavy atom. The van der Waals surface area contributed by atoms with E-state index in [2.05, 4.69) is 5.32 Å². The van der Waals surface area contributed by atoms with Crippen LogP contribution < -0.4 is 5.32 Å². The minimum Gasteiger partial charge on any atom is -0.480 e. The van der Waals surface area contributed by atoms with Gasteiger partial charge in [-0.3, -0.25) is 4.79 Å². The number of rotatable bonds is 6. The summed E-state index contributed by atoms with van der Waals surface area (Å²) in [6, 6.07) is 15.5. The molecule has 1 aromatic heterocycles. The lowest BCUT2D eigenvalue weighted by Gasteiger charge is -2.15. The Balaban J connectivity index is 1.71. The Hall–Kier alpha value is -2.79. The van der Waals surface area contributed by atoms with Crippen LogP contribution in [0.15, 0.2) is 60.8 Å². The first kappa shape index (κ1) is 17.0. The number of carboxylic acids is 1. The van der Waals surface area contributed by atoms with Crippen molar-refractivity contribution in [3.8, 4) is 0 Å². The monoisotopic (exact) mass is 356 g/mol. The van der Waals surface area contributed by atoms with E-state index < -0.39 is 12.0 Å². The third-order valence-corrected chi connectivity index (χ3v) is 4.32. The van der Waals surface area contributed by atoms with Crippen LogP contribution in [-0.2, 0) is 22.6 Å². The Labute approximate surface area is 149 Å². The van der Waals surface area contributed by atoms with E-state index in [1.54, 1.807) is 16.8 Å². The largest absolute Gasteiger partial charge is 0.480 e. The van der Waals surface area contributed by atoms with Crippen molar-refractivity contribution >= 4 is 34.4 Å². The number of carbonyl (C=O) groups excluding carboxylic acids is 1. The van der Waals surface area contributed by atoms with Gasteiger partial charge in [-0.05, 0) is 23.8 Å². The van der Waals surface area contributed by atoms with E-state index >= 15 is 0 Å². The quantitative estimate of drug-likeness (QED) is 0.713. The SMILES string of the molecule is O=C(Cn1ccc2c(Cl)cccc21)N[C@@H](Cc1ccccc1)C(=O)O. The summed E-state index contributed by atoms with van der Waals surface area (Å²) in [5.41, 5.74) is 1.69. The topological polar surface area (TPSA) is 71.3 Å². The first-order chi connectivity index (χ1) is 12.0. The van der Waals surface area contributed by atoms with Crippen molar-refractivity contribution in [2.45, 2.75) is 19.0 Å². The number of fused-ring (bicyclic) bond motifs is 1. The Morgan fingerprint density at radius 1 is 1.08 bits per heavy atom. The molecule has 0 bridgehead atoms. The molecule has 0 unspecified atom stereocenters. The predicted octanol–water partition coefficient (Wildman–Crippen LogP) is 3.11. The molecule has 128 valence electrons. The molecule has 0 saturated heterocycles. The van der Waals surface area contributed by atoms with Crippen LogP contribution in [0.4, 0.5) is 0 Å². The lowest BCUT2D eigenvalue weighted by molar-refractivity contribution is -0.141. The molecule has 0 spiro atoms. The van der Waals surface area contributed by atoms with E-state index in [0.717, 1.165) is 16.5 Å². The Morgan fingerprint density at radius 3 is 2.56 bits per heavy atom. The zero-order valence-electron chi connectivity index (χ0n) is 13.4. The lowest BCUT2D eigenvalue weighted by atomic mass is 10.1. The smallest absolute Gasteiger partial charge is 0.326 e. The zero-order valence-corrected chi connectivity index (χ0v) is 14.1. The van der Waals surface area contributed by atoms with E-state index in [4.69, 9.17) is 11.6 Å². The van der Waals surface area contributed by atoms with Crippen LogP contribution in [0.2, 0.25) is 5.02 Å². The molecule has 0 aliphatic carbocycles. The van der Waals surface area contributed by atoms with Gasteiger partial charge in [0.2, 0.25) is 5.91 Å². The van der Waals surface area contributed by atoms with Gasteiger partial charge in [-0.2, -0.15) is 0 Å². The second kappa shape index (κ2) is 7.40. The molecule has 6 heteroatoms. The Kier molecular flexibility index (Phi) is 5.05. The molecular formula is C19H17ClN2O3. The molecule has 0 radical (unpaired) electrons. The predicted molar refractivity (Wildman–Crippen MR) is 96.7 cm³/mol. The van der Waals surface area contributed by atoms with Crippen molar-refractivity contribution < 1.29 is 14.7 Å². The summed E-state index contributed by atoms with van der Waals surface area (Å²) in [4.78, 5) is 23.8. The average molecular weight is 357 g/mol. The van der Waals surface area contributed by atoms with Crippen molar-refractivity contribution in [1.29, 1.82) is 0 Å². The third kappa shape index (κ3) is 4.00. The number of hydrogen-bond acceptors (Lipinski definition) is 2. The standard InChI is InChI=1S/C19H17ClN2O3/c20-15-7-4-8-17-14(15)9-10-22(17)12-18(23)21-16(19(24)25)11-13-5-2-1-3-6-13/h1-10,16H,11-12H2,(H,21,23)(H,24,25)/t16-/m0/s1. The summed E-state index contributed by atoms with van der Waals surface area (Å²) >= 11 is 6.13. The highest BCUT2D eigenvalue weighted by Crippen LogP contribution is 2.24. The van der Waals surface area contributed by atoms with Crippen LogP contribution in [0.1, 0.15) is 5.56 Å². The first-order valence-electron chi connectivity index (χ1n) is 7.84. The second-order valence-corrected chi connectivity index (χ2v) is 6.17. The van der Waals surface area contributed by atoms with Crippen molar-refractivity contribution in [2.24, 2.45) is 0 Å². The molecular weight excluding hydrogens is 340 g/mol. The van der Waals surface area contributed by atoms with Gasteiger partial charge in [0.25, 0.3) is 0 Å². The van der Waals surface area contributed by atoms with E-state index in [0.29, 0.717) is 5.02 Å². The maximum absolute atomic E-state index is 12.3. The van der Waals surface area contributed by atoms with Crippen LogP contribution in [0.25, 0.3) is 10.9 Å². The lowest BCUT2D eigenvalue weighted by Crippen LogP contribution is -2.43. The van der Waals surface area contributed by atoms with Crippen molar-refractivity contribution in [3.05, 3.63) is 71.4 Å². The molecule has 0 aliphatic rings. The van der Waals surface area contributed by atoms with Crippen molar-refractivity contribution in [2.75, 3.05) is 0 Å². The normalized spacial score (nSPS) is 12.0. The van der Waals surface area contributed by atoms with Crippen molar-refractivity contribution in [1.82, 2.24) is 9.88 Å². The van der Waals surface area contributed by atoms with Gasteiger partial charge in [-0.15, -0.1) is 0 Å². The number of nitrogens with one attached hydrogen (secondary N) is 1. The van der Waals surface area contributed by atoms with Gasteiger partial charge in [0.15, 0.2) is 0 Å². The number of carboxylic acid groups (broad SMARTS) is 1.